The largest absolute Gasteiger partial charge is 0.357 e. The molecule has 0 radical (unpaired) electrons. The highest BCUT2D eigenvalue weighted by atomic mass is 127. The Labute approximate surface area is 172 Å². The molecule has 25 heavy (non-hydrogen) atoms. The van der Waals surface area contributed by atoms with Crippen LogP contribution in [0.15, 0.2) is 29.3 Å². The van der Waals surface area contributed by atoms with Crippen LogP contribution in [0.1, 0.15) is 50.7 Å². The summed E-state index contributed by atoms with van der Waals surface area (Å²) in [7, 11) is -0.690. The van der Waals surface area contributed by atoms with E-state index in [2.05, 4.69) is 48.7 Å². The molecular weight excluding hydrogens is 445 g/mol. The van der Waals surface area contributed by atoms with E-state index in [4.69, 9.17) is 4.99 Å². The number of halogens is 1. The van der Waals surface area contributed by atoms with E-state index in [-0.39, 0.29) is 24.0 Å². The molecule has 0 aliphatic heterocycles. The molecule has 0 spiro atoms. The van der Waals surface area contributed by atoms with Crippen LogP contribution in [-0.2, 0) is 17.3 Å². The molecule has 0 heterocycles. The van der Waals surface area contributed by atoms with Crippen LogP contribution in [-0.4, -0.2) is 33.8 Å². The van der Waals surface area contributed by atoms with Gasteiger partial charge in [0.15, 0.2) is 5.96 Å². The minimum atomic E-state index is -0.690. The highest BCUT2D eigenvalue weighted by molar-refractivity contribution is 14.0. The van der Waals surface area contributed by atoms with Crippen molar-refractivity contribution in [3.8, 4) is 0 Å². The van der Waals surface area contributed by atoms with Gasteiger partial charge in [-0.1, -0.05) is 37.6 Å². The van der Waals surface area contributed by atoms with Crippen LogP contribution in [0.2, 0.25) is 0 Å². The number of guanidine groups is 1. The summed E-state index contributed by atoms with van der Waals surface area (Å²) >= 11 is 0. The van der Waals surface area contributed by atoms with Gasteiger partial charge in [-0.3, -0.25) is 4.21 Å². The van der Waals surface area contributed by atoms with Crippen molar-refractivity contribution in [1.29, 1.82) is 0 Å². The Bertz CT molecular complexity index is 580. The Morgan fingerprint density at radius 2 is 2.04 bits per heavy atom. The quantitative estimate of drug-likeness (QED) is 0.373. The number of hydrogen-bond acceptors (Lipinski definition) is 2. The van der Waals surface area contributed by atoms with Gasteiger partial charge in [0, 0.05) is 34.4 Å². The lowest BCUT2D eigenvalue weighted by atomic mass is 9.95. The van der Waals surface area contributed by atoms with Crippen molar-refractivity contribution in [1.82, 2.24) is 10.6 Å². The predicted molar refractivity (Wildman–Crippen MR) is 119 cm³/mol. The molecule has 6 heteroatoms. The maximum absolute atomic E-state index is 12.1. The first-order valence-corrected chi connectivity index (χ1v) is 10.5. The first-order chi connectivity index (χ1) is 11.6. The zero-order valence-corrected chi connectivity index (χ0v) is 18.7. The van der Waals surface area contributed by atoms with Gasteiger partial charge in [-0.2, -0.15) is 0 Å². The number of nitrogens with one attached hydrogen (secondary N) is 2. The van der Waals surface area contributed by atoms with Crippen LogP contribution < -0.4 is 10.6 Å². The van der Waals surface area contributed by atoms with Gasteiger partial charge >= 0.3 is 0 Å². The molecule has 0 bridgehead atoms. The third kappa shape index (κ3) is 7.25. The van der Waals surface area contributed by atoms with Crippen molar-refractivity contribution >= 4 is 40.7 Å². The average Bonchev–Trinajstić information content (AvgIpc) is 2.60. The van der Waals surface area contributed by atoms with E-state index in [0.717, 1.165) is 43.9 Å². The normalized spacial score (nSPS) is 22.0. The van der Waals surface area contributed by atoms with Crippen LogP contribution in [0.3, 0.4) is 0 Å². The predicted octanol–water partition coefficient (Wildman–Crippen LogP) is 3.75. The number of aryl methyl sites for hydroxylation is 1. The Morgan fingerprint density at radius 1 is 1.28 bits per heavy atom. The number of nitrogens with zero attached hydrogens (tertiary/aromatic N) is 1. The summed E-state index contributed by atoms with van der Waals surface area (Å²) in [5, 5.41) is 7.23. The van der Waals surface area contributed by atoms with Gasteiger partial charge in [-0.05, 0) is 44.2 Å². The monoisotopic (exact) mass is 477 g/mol. The Hall–Kier alpha value is -0.630. The Morgan fingerprint density at radius 3 is 2.72 bits per heavy atom. The third-order valence-corrected chi connectivity index (χ3v) is 6.38. The molecule has 3 unspecified atom stereocenters. The molecule has 1 aliphatic rings. The van der Waals surface area contributed by atoms with Crippen LogP contribution in [0, 0.1) is 6.92 Å². The fourth-order valence-electron chi connectivity index (χ4n) is 3.22. The van der Waals surface area contributed by atoms with Crippen molar-refractivity contribution in [2.75, 3.05) is 12.3 Å². The van der Waals surface area contributed by atoms with Crippen LogP contribution >= 0.6 is 24.0 Å². The molecule has 0 aromatic heterocycles. The third-order valence-electron chi connectivity index (χ3n) is 4.64. The molecule has 1 aromatic carbocycles. The highest BCUT2D eigenvalue weighted by Crippen LogP contribution is 2.23. The van der Waals surface area contributed by atoms with Crippen LogP contribution in [0.25, 0.3) is 0 Å². The minimum absolute atomic E-state index is 0. The summed E-state index contributed by atoms with van der Waals surface area (Å²) in [5.74, 6) is 1.63. The molecule has 142 valence electrons. The van der Waals surface area contributed by atoms with Gasteiger partial charge < -0.3 is 10.6 Å². The molecule has 4 nitrogen and oxygen atoms in total. The van der Waals surface area contributed by atoms with Gasteiger partial charge in [0.1, 0.15) is 0 Å². The van der Waals surface area contributed by atoms with E-state index >= 15 is 0 Å². The molecule has 1 aromatic rings. The first-order valence-electron chi connectivity index (χ1n) is 9.10. The van der Waals surface area contributed by atoms with Crippen LogP contribution in [0.5, 0.6) is 0 Å². The molecule has 2 N–H and O–H groups in total. The summed E-state index contributed by atoms with van der Waals surface area (Å²) < 4.78 is 12.1. The van der Waals surface area contributed by atoms with E-state index in [1.165, 1.54) is 11.1 Å². The van der Waals surface area contributed by atoms with Gasteiger partial charge in [-0.15, -0.1) is 24.0 Å². The molecule has 2 rings (SSSR count). The van der Waals surface area contributed by atoms with Crippen molar-refractivity contribution in [3.05, 3.63) is 35.4 Å². The molecular formula is C19H32IN3OS. The molecule has 0 amide bonds. The first kappa shape index (κ1) is 22.4. The minimum Gasteiger partial charge on any atom is -0.357 e. The summed E-state index contributed by atoms with van der Waals surface area (Å²) in [6.07, 6.45) is 4.35. The number of hydrogen-bond donors (Lipinski definition) is 2. The second kappa shape index (κ2) is 11.9. The van der Waals surface area contributed by atoms with E-state index in [1.54, 1.807) is 0 Å². The van der Waals surface area contributed by atoms with Crippen LogP contribution in [0.4, 0.5) is 0 Å². The van der Waals surface area contributed by atoms with E-state index in [9.17, 15) is 4.21 Å². The fourth-order valence-corrected chi connectivity index (χ4v) is 4.56. The zero-order valence-electron chi connectivity index (χ0n) is 15.6. The topological polar surface area (TPSA) is 53.5 Å². The summed E-state index contributed by atoms with van der Waals surface area (Å²) in [6.45, 7) is 7.74. The van der Waals surface area contributed by atoms with E-state index in [1.807, 2.05) is 6.92 Å². The van der Waals surface area contributed by atoms with Crippen molar-refractivity contribution < 1.29 is 4.21 Å². The smallest absolute Gasteiger partial charge is 0.191 e. The lowest BCUT2D eigenvalue weighted by Gasteiger charge is -2.30. The zero-order chi connectivity index (χ0) is 17.4. The lowest BCUT2D eigenvalue weighted by Crippen LogP contribution is -2.46. The molecule has 1 fully saturated rings. The number of rotatable bonds is 6. The second-order valence-corrected chi connectivity index (χ2v) is 8.43. The Balaban J connectivity index is 0.00000312. The molecule has 1 aliphatic carbocycles. The van der Waals surface area contributed by atoms with Crippen molar-refractivity contribution in [2.45, 2.75) is 64.3 Å². The summed E-state index contributed by atoms with van der Waals surface area (Å²) in [4.78, 5) is 4.75. The van der Waals surface area contributed by atoms with Gasteiger partial charge in [0.2, 0.25) is 0 Å². The lowest BCUT2D eigenvalue weighted by molar-refractivity contribution is 0.413. The van der Waals surface area contributed by atoms with E-state index in [0.29, 0.717) is 17.8 Å². The molecule has 1 saturated carbocycles. The SMILES string of the molecule is CCNC(=NCc1ccccc1C)NC1CCCC(S(=O)CC)C1.I. The molecule has 0 saturated heterocycles. The standard InChI is InChI=1S/C19H31N3OS.HI/c1-4-20-19(21-14-16-10-7-6-9-15(16)3)22-17-11-8-12-18(13-17)24(23)5-2;/h6-7,9-10,17-18H,4-5,8,11-14H2,1-3H3,(H2,20,21,22);1H. The number of aliphatic imine (C=N–C) groups is 1. The summed E-state index contributed by atoms with van der Waals surface area (Å²) in [6, 6.07) is 8.74. The van der Waals surface area contributed by atoms with Gasteiger partial charge in [0.25, 0.3) is 0 Å². The van der Waals surface area contributed by atoms with Crippen molar-refractivity contribution in [3.63, 3.8) is 0 Å². The van der Waals surface area contributed by atoms with Gasteiger partial charge in [-0.25, -0.2) is 4.99 Å². The highest BCUT2D eigenvalue weighted by Gasteiger charge is 2.25. The second-order valence-electron chi connectivity index (χ2n) is 6.42. The van der Waals surface area contributed by atoms with Gasteiger partial charge in [0.05, 0.1) is 6.54 Å². The summed E-state index contributed by atoms with van der Waals surface area (Å²) in [5.41, 5.74) is 2.52. The Kier molecular flexibility index (Phi) is 10.7. The average molecular weight is 477 g/mol. The van der Waals surface area contributed by atoms with E-state index < -0.39 is 10.8 Å². The number of benzene rings is 1. The fraction of sp³-hybridized carbons (Fsp3) is 0.632. The van der Waals surface area contributed by atoms with Crippen molar-refractivity contribution in [2.24, 2.45) is 4.99 Å². The molecule has 3 atom stereocenters. The maximum Gasteiger partial charge on any atom is 0.191 e. The maximum atomic E-state index is 12.1.